The Labute approximate surface area is 126 Å². The average Bonchev–Trinajstić information content (AvgIpc) is 2.41. The van der Waals surface area contributed by atoms with Gasteiger partial charge in [-0.1, -0.05) is 19.9 Å². The number of halogens is 1. The molecule has 21 heavy (non-hydrogen) atoms. The van der Waals surface area contributed by atoms with Gasteiger partial charge in [-0.15, -0.1) is 0 Å². The largest absolute Gasteiger partial charge is 0.313 e. The zero-order chi connectivity index (χ0) is 15.5. The van der Waals surface area contributed by atoms with E-state index in [1.54, 1.807) is 0 Å². The van der Waals surface area contributed by atoms with Crippen molar-refractivity contribution in [3.63, 3.8) is 0 Å². The fourth-order valence-electron chi connectivity index (χ4n) is 2.66. The van der Waals surface area contributed by atoms with Crippen molar-refractivity contribution in [1.82, 2.24) is 10.0 Å². The summed E-state index contributed by atoms with van der Waals surface area (Å²) < 4.78 is 41.6. The Morgan fingerprint density at radius 2 is 2.00 bits per heavy atom. The van der Waals surface area contributed by atoms with Crippen LogP contribution in [0.4, 0.5) is 4.39 Å². The van der Waals surface area contributed by atoms with Gasteiger partial charge in [-0.25, -0.2) is 17.5 Å². The number of hydrogen-bond acceptors (Lipinski definition) is 3. The molecule has 0 aliphatic heterocycles. The predicted molar refractivity (Wildman–Crippen MR) is 81.0 cm³/mol. The van der Waals surface area contributed by atoms with Gasteiger partial charge in [-0.3, -0.25) is 0 Å². The third-order valence-corrected chi connectivity index (χ3v) is 5.88. The molecular formula is C15H23FN2O2S. The highest BCUT2D eigenvalue weighted by Gasteiger charge is 2.39. The SMILES string of the molecule is CCNCc1ccc(F)cc1S(=O)(=O)NC1(CC)CCC1. The van der Waals surface area contributed by atoms with Gasteiger partial charge < -0.3 is 5.32 Å². The van der Waals surface area contributed by atoms with Crippen molar-refractivity contribution in [3.05, 3.63) is 29.6 Å². The molecule has 1 aliphatic rings. The Bertz CT molecular complexity index is 592. The van der Waals surface area contributed by atoms with Crippen molar-refractivity contribution < 1.29 is 12.8 Å². The second-order valence-electron chi connectivity index (χ2n) is 5.63. The molecule has 1 aromatic rings. The summed E-state index contributed by atoms with van der Waals surface area (Å²) >= 11 is 0. The summed E-state index contributed by atoms with van der Waals surface area (Å²) in [5, 5.41) is 3.09. The summed E-state index contributed by atoms with van der Waals surface area (Å²) in [6, 6.07) is 3.94. The summed E-state index contributed by atoms with van der Waals surface area (Å²) in [4.78, 5) is 0.0446. The molecule has 0 heterocycles. The van der Waals surface area contributed by atoms with Crippen LogP contribution in [-0.4, -0.2) is 20.5 Å². The van der Waals surface area contributed by atoms with Gasteiger partial charge in [0, 0.05) is 12.1 Å². The van der Waals surface area contributed by atoms with E-state index in [2.05, 4.69) is 10.0 Å². The van der Waals surface area contributed by atoms with E-state index in [0.717, 1.165) is 38.3 Å². The fourth-order valence-corrected chi connectivity index (χ4v) is 4.44. The summed E-state index contributed by atoms with van der Waals surface area (Å²) in [5.74, 6) is -0.533. The van der Waals surface area contributed by atoms with Gasteiger partial charge in [0.05, 0.1) is 4.90 Å². The Balaban J connectivity index is 2.32. The van der Waals surface area contributed by atoms with E-state index in [9.17, 15) is 12.8 Å². The summed E-state index contributed by atoms with van der Waals surface area (Å²) in [6.45, 7) is 5.05. The minimum Gasteiger partial charge on any atom is -0.313 e. The van der Waals surface area contributed by atoms with Gasteiger partial charge in [-0.2, -0.15) is 0 Å². The molecule has 0 radical (unpaired) electrons. The molecule has 0 atom stereocenters. The first-order valence-electron chi connectivity index (χ1n) is 7.45. The number of nitrogens with one attached hydrogen (secondary N) is 2. The molecule has 118 valence electrons. The maximum atomic E-state index is 13.5. The Hall–Kier alpha value is -0.980. The predicted octanol–water partition coefficient (Wildman–Crippen LogP) is 2.55. The van der Waals surface area contributed by atoms with Crippen LogP contribution in [0, 0.1) is 5.82 Å². The van der Waals surface area contributed by atoms with Crippen molar-refractivity contribution in [3.8, 4) is 0 Å². The third kappa shape index (κ3) is 3.62. The molecule has 2 rings (SSSR count). The Morgan fingerprint density at radius 1 is 1.29 bits per heavy atom. The minimum absolute atomic E-state index is 0.0446. The zero-order valence-corrected chi connectivity index (χ0v) is 13.4. The van der Waals surface area contributed by atoms with Crippen LogP contribution < -0.4 is 10.0 Å². The quantitative estimate of drug-likeness (QED) is 0.813. The molecule has 0 saturated heterocycles. The Morgan fingerprint density at radius 3 is 2.52 bits per heavy atom. The van der Waals surface area contributed by atoms with E-state index in [4.69, 9.17) is 0 Å². The van der Waals surface area contributed by atoms with Crippen molar-refractivity contribution in [2.45, 2.75) is 56.5 Å². The lowest BCUT2D eigenvalue weighted by Gasteiger charge is -2.41. The topological polar surface area (TPSA) is 58.2 Å². The highest BCUT2D eigenvalue weighted by atomic mass is 32.2. The Kier molecular flexibility index (Phi) is 5.01. The van der Waals surface area contributed by atoms with Crippen LogP contribution in [0.2, 0.25) is 0 Å². The van der Waals surface area contributed by atoms with Gasteiger partial charge in [0.2, 0.25) is 10.0 Å². The second kappa shape index (κ2) is 6.42. The molecule has 4 nitrogen and oxygen atoms in total. The van der Waals surface area contributed by atoms with Gasteiger partial charge >= 0.3 is 0 Å². The van der Waals surface area contributed by atoms with E-state index in [1.807, 2.05) is 13.8 Å². The number of sulfonamides is 1. The van der Waals surface area contributed by atoms with Crippen molar-refractivity contribution in [2.75, 3.05) is 6.54 Å². The monoisotopic (exact) mass is 314 g/mol. The van der Waals surface area contributed by atoms with Crippen LogP contribution in [0.5, 0.6) is 0 Å². The number of hydrogen-bond donors (Lipinski definition) is 2. The van der Waals surface area contributed by atoms with E-state index >= 15 is 0 Å². The fraction of sp³-hybridized carbons (Fsp3) is 0.600. The smallest absolute Gasteiger partial charge is 0.241 e. The average molecular weight is 314 g/mol. The molecule has 1 aromatic carbocycles. The van der Waals surface area contributed by atoms with Gasteiger partial charge in [0.1, 0.15) is 5.82 Å². The van der Waals surface area contributed by atoms with E-state index in [0.29, 0.717) is 12.1 Å². The molecule has 0 aromatic heterocycles. The van der Waals surface area contributed by atoms with Crippen molar-refractivity contribution in [2.24, 2.45) is 0 Å². The summed E-state index contributed by atoms with van der Waals surface area (Å²) in [6.07, 6.45) is 3.48. The first kappa shape index (κ1) is 16.4. The molecule has 0 spiro atoms. The maximum absolute atomic E-state index is 13.5. The van der Waals surface area contributed by atoms with Crippen LogP contribution >= 0.6 is 0 Å². The van der Waals surface area contributed by atoms with Gasteiger partial charge in [0.25, 0.3) is 0 Å². The second-order valence-corrected chi connectivity index (χ2v) is 7.28. The molecule has 2 N–H and O–H groups in total. The van der Waals surface area contributed by atoms with Gasteiger partial charge in [-0.05, 0) is 49.9 Å². The first-order chi connectivity index (χ1) is 9.92. The van der Waals surface area contributed by atoms with Crippen LogP contribution in [-0.2, 0) is 16.6 Å². The molecule has 0 amide bonds. The molecular weight excluding hydrogens is 291 g/mol. The van der Waals surface area contributed by atoms with Crippen LogP contribution in [0.1, 0.15) is 45.1 Å². The standard InChI is InChI=1S/C15H23FN2O2S/c1-3-15(8-5-9-15)18-21(19,20)14-10-13(16)7-6-12(14)11-17-4-2/h6-7,10,17-18H,3-5,8-9,11H2,1-2H3. The molecule has 1 aliphatic carbocycles. The first-order valence-corrected chi connectivity index (χ1v) is 8.94. The molecule has 0 bridgehead atoms. The number of rotatable bonds is 7. The zero-order valence-electron chi connectivity index (χ0n) is 12.6. The van der Waals surface area contributed by atoms with Crippen LogP contribution in [0.3, 0.4) is 0 Å². The van der Waals surface area contributed by atoms with Crippen LogP contribution in [0.15, 0.2) is 23.1 Å². The summed E-state index contributed by atoms with van der Waals surface area (Å²) in [5.41, 5.74) is 0.247. The molecule has 1 fully saturated rings. The lowest BCUT2D eigenvalue weighted by molar-refractivity contribution is 0.213. The third-order valence-electron chi connectivity index (χ3n) is 4.22. The van der Waals surface area contributed by atoms with E-state index in [1.165, 1.54) is 12.1 Å². The highest BCUT2D eigenvalue weighted by molar-refractivity contribution is 7.89. The minimum atomic E-state index is -3.70. The summed E-state index contributed by atoms with van der Waals surface area (Å²) in [7, 11) is -3.70. The maximum Gasteiger partial charge on any atom is 0.241 e. The van der Waals surface area contributed by atoms with Crippen molar-refractivity contribution in [1.29, 1.82) is 0 Å². The van der Waals surface area contributed by atoms with Crippen LogP contribution in [0.25, 0.3) is 0 Å². The lowest BCUT2D eigenvalue weighted by Crippen LogP contribution is -2.52. The van der Waals surface area contributed by atoms with E-state index in [-0.39, 0.29) is 10.4 Å². The highest BCUT2D eigenvalue weighted by Crippen LogP contribution is 2.36. The van der Waals surface area contributed by atoms with Gasteiger partial charge in [0.15, 0.2) is 0 Å². The molecule has 6 heteroatoms. The van der Waals surface area contributed by atoms with E-state index < -0.39 is 15.8 Å². The molecule has 1 saturated carbocycles. The van der Waals surface area contributed by atoms with Crippen molar-refractivity contribution >= 4 is 10.0 Å². The lowest BCUT2D eigenvalue weighted by atomic mass is 9.76. The number of benzene rings is 1. The normalized spacial score (nSPS) is 17.5. The molecule has 0 unspecified atom stereocenters.